The number of hydrogen-bond acceptors (Lipinski definition) is 2. The molecule has 20 heavy (non-hydrogen) atoms. The van der Waals surface area contributed by atoms with Crippen LogP contribution in [0.25, 0.3) is 0 Å². The maximum absolute atomic E-state index is 12.3. The molecule has 0 aliphatic heterocycles. The molecule has 0 spiro atoms. The van der Waals surface area contributed by atoms with Crippen molar-refractivity contribution < 1.29 is 9.21 Å². The molecule has 0 fully saturated rings. The number of nitrogens with one attached hydrogen (secondary N) is 1. The van der Waals surface area contributed by atoms with E-state index >= 15 is 0 Å². The highest BCUT2D eigenvalue weighted by Gasteiger charge is 2.17. The van der Waals surface area contributed by atoms with Crippen LogP contribution >= 0.6 is 0 Å². The Bertz CT molecular complexity index is 576. The van der Waals surface area contributed by atoms with Gasteiger partial charge < -0.3 is 9.73 Å². The van der Waals surface area contributed by atoms with E-state index in [1.807, 2.05) is 20.8 Å². The highest BCUT2D eigenvalue weighted by atomic mass is 16.3. The van der Waals surface area contributed by atoms with Crippen molar-refractivity contribution >= 4 is 5.91 Å². The molecule has 0 saturated carbocycles. The van der Waals surface area contributed by atoms with Crippen LogP contribution in [0.5, 0.6) is 0 Å². The van der Waals surface area contributed by atoms with Crippen molar-refractivity contribution in [2.24, 2.45) is 0 Å². The molecule has 1 N–H and O–H groups in total. The minimum Gasteiger partial charge on any atom is -0.469 e. The van der Waals surface area contributed by atoms with E-state index in [0.717, 1.165) is 17.5 Å². The van der Waals surface area contributed by atoms with Crippen LogP contribution in [0, 0.1) is 13.8 Å². The fraction of sp³-hybridized carbons (Fsp3) is 0.353. The molecule has 106 valence electrons. The molecule has 3 nitrogen and oxygen atoms in total. The Hall–Kier alpha value is -2.03. The van der Waals surface area contributed by atoms with Gasteiger partial charge in [0.1, 0.15) is 5.76 Å². The van der Waals surface area contributed by atoms with Crippen LogP contribution in [0.3, 0.4) is 0 Å². The van der Waals surface area contributed by atoms with E-state index in [2.05, 4.69) is 36.5 Å². The zero-order valence-corrected chi connectivity index (χ0v) is 12.5. The van der Waals surface area contributed by atoms with Crippen molar-refractivity contribution in [3.05, 3.63) is 58.5 Å². The molecular weight excluding hydrogens is 250 g/mol. The number of carbonyl (C=O) groups excluding carboxylic acids is 1. The first-order valence-corrected chi connectivity index (χ1v) is 6.97. The highest BCUT2D eigenvalue weighted by Crippen LogP contribution is 2.18. The lowest BCUT2D eigenvalue weighted by Gasteiger charge is -2.15. The number of benzene rings is 1. The van der Waals surface area contributed by atoms with Gasteiger partial charge in [0.2, 0.25) is 0 Å². The second-order valence-corrected chi connectivity index (χ2v) is 5.14. The SMILES string of the molecule is CCc1ccc(C(C)NC(=O)c2c(C)coc2C)cc1. The minimum atomic E-state index is -0.0826. The van der Waals surface area contributed by atoms with Crippen LogP contribution in [-0.4, -0.2) is 5.91 Å². The van der Waals surface area contributed by atoms with Gasteiger partial charge in [-0.2, -0.15) is 0 Å². The second-order valence-electron chi connectivity index (χ2n) is 5.14. The summed E-state index contributed by atoms with van der Waals surface area (Å²) < 4.78 is 5.27. The monoisotopic (exact) mass is 271 g/mol. The molecule has 2 aromatic rings. The average molecular weight is 271 g/mol. The van der Waals surface area contributed by atoms with Crippen LogP contribution in [0.2, 0.25) is 0 Å². The summed E-state index contributed by atoms with van der Waals surface area (Å²) in [6.45, 7) is 7.81. The van der Waals surface area contributed by atoms with Gasteiger partial charge in [-0.25, -0.2) is 0 Å². The van der Waals surface area contributed by atoms with E-state index in [9.17, 15) is 4.79 Å². The van der Waals surface area contributed by atoms with Crippen LogP contribution < -0.4 is 5.32 Å². The van der Waals surface area contributed by atoms with Crippen molar-refractivity contribution in [2.45, 2.75) is 40.2 Å². The third kappa shape index (κ3) is 2.93. The number of hydrogen-bond donors (Lipinski definition) is 1. The minimum absolute atomic E-state index is 0.0258. The van der Waals surface area contributed by atoms with Gasteiger partial charge in [0, 0.05) is 5.56 Å². The average Bonchev–Trinajstić information content (AvgIpc) is 2.78. The largest absolute Gasteiger partial charge is 0.469 e. The zero-order valence-electron chi connectivity index (χ0n) is 12.5. The summed E-state index contributed by atoms with van der Waals surface area (Å²) in [5, 5.41) is 3.02. The van der Waals surface area contributed by atoms with E-state index in [0.29, 0.717) is 11.3 Å². The van der Waals surface area contributed by atoms with E-state index in [-0.39, 0.29) is 11.9 Å². The second kappa shape index (κ2) is 5.95. The van der Waals surface area contributed by atoms with Crippen molar-refractivity contribution in [1.29, 1.82) is 0 Å². The van der Waals surface area contributed by atoms with Gasteiger partial charge >= 0.3 is 0 Å². The molecule has 1 atom stereocenters. The van der Waals surface area contributed by atoms with Crippen molar-refractivity contribution in [3.8, 4) is 0 Å². The Morgan fingerprint density at radius 1 is 1.25 bits per heavy atom. The van der Waals surface area contributed by atoms with Crippen LogP contribution in [-0.2, 0) is 6.42 Å². The van der Waals surface area contributed by atoms with Crippen molar-refractivity contribution in [2.75, 3.05) is 0 Å². The summed E-state index contributed by atoms with van der Waals surface area (Å²) in [6, 6.07) is 8.32. The van der Waals surface area contributed by atoms with Crippen LogP contribution in [0.1, 0.15) is 52.7 Å². The van der Waals surface area contributed by atoms with E-state index in [1.54, 1.807) is 6.26 Å². The Labute approximate surface area is 120 Å². The number of furan rings is 1. The van der Waals surface area contributed by atoms with Gasteiger partial charge in [0.15, 0.2) is 0 Å². The molecular formula is C17H21NO2. The molecule has 1 aromatic carbocycles. The summed E-state index contributed by atoms with van der Waals surface area (Å²) in [4.78, 5) is 12.3. The first-order valence-electron chi connectivity index (χ1n) is 6.97. The van der Waals surface area contributed by atoms with Crippen molar-refractivity contribution in [3.63, 3.8) is 0 Å². The van der Waals surface area contributed by atoms with Gasteiger partial charge in [-0.1, -0.05) is 31.2 Å². The molecule has 1 heterocycles. The predicted molar refractivity (Wildman–Crippen MR) is 79.9 cm³/mol. The number of rotatable bonds is 4. The third-order valence-corrected chi connectivity index (χ3v) is 3.62. The summed E-state index contributed by atoms with van der Waals surface area (Å²) in [5.41, 5.74) is 3.92. The van der Waals surface area contributed by atoms with Gasteiger partial charge in [0.25, 0.3) is 5.91 Å². The lowest BCUT2D eigenvalue weighted by molar-refractivity contribution is 0.0938. The van der Waals surface area contributed by atoms with E-state index in [4.69, 9.17) is 4.42 Å². The zero-order chi connectivity index (χ0) is 14.7. The van der Waals surface area contributed by atoms with E-state index < -0.39 is 0 Å². The molecule has 0 aliphatic rings. The van der Waals surface area contributed by atoms with E-state index in [1.165, 1.54) is 5.56 Å². The van der Waals surface area contributed by atoms with Crippen LogP contribution in [0.15, 0.2) is 34.9 Å². The molecule has 0 aliphatic carbocycles. The summed E-state index contributed by atoms with van der Waals surface area (Å²) in [6.07, 6.45) is 2.64. The maximum Gasteiger partial charge on any atom is 0.255 e. The fourth-order valence-electron chi connectivity index (χ4n) is 2.31. The first-order chi connectivity index (χ1) is 9.52. The Balaban J connectivity index is 2.11. The van der Waals surface area contributed by atoms with Gasteiger partial charge in [0.05, 0.1) is 17.9 Å². The van der Waals surface area contributed by atoms with Gasteiger partial charge in [-0.05, 0) is 38.3 Å². The van der Waals surface area contributed by atoms with Crippen LogP contribution in [0.4, 0.5) is 0 Å². The lowest BCUT2D eigenvalue weighted by Crippen LogP contribution is -2.27. The van der Waals surface area contributed by atoms with Gasteiger partial charge in [-0.15, -0.1) is 0 Å². The quantitative estimate of drug-likeness (QED) is 0.914. The molecule has 3 heteroatoms. The highest BCUT2D eigenvalue weighted by molar-refractivity contribution is 5.96. The molecule has 0 saturated heterocycles. The Kier molecular flexibility index (Phi) is 4.28. The summed E-state index contributed by atoms with van der Waals surface area (Å²) in [7, 11) is 0. The molecule has 0 bridgehead atoms. The normalized spacial score (nSPS) is 12.2. The first kappa shape index (κ1) is 14.4. The maximum atomic E-state index is 12.3. The number of amides is 1. The molecule has 0 radical (unpaired) electrons. The predicted octanol–water partition coefficient (Wildman–Crippen LogP) is 3.95. The molecule has 1 aromatic heterocycles. The number of carbonyl (C=O) groups is 1. The Morgan fingerprint density at radius 2 is 1.90 bits per heavy atom. The third-order valence-electron chi connectivity index (χ3n) is 3.62. The summed E-state index contributed by atoms with van der Waals surface area (Å²) >= 11 is 0. The summed E-state index contributed by atoms with van der Waals surface area (Å²) in [5.74, 6) is 0.578. The molecule has 2 rings (SSSR count). The molecule has 1 amide bonds. The number of aryl methyl sites for hydroxylation is 3. The Morgan fingerprint density at radius 3 is 2.40 bits per heavy atom. The standard InChI is InChI=1S/C17H21NO2/c1-5-14-6-8-15(9-7-14)12(3)18-17(19)16-11(2)10-20-13(16)4/h6-10,12H,5H2,1-4H3,(H,18,19). The topological polar surface area (TPSA) is 42.2 Å². The fourth-order valence-corrected chi connectivity index (χ4v) is 2.31. The lowest BCUT2D eigenvalue weighted by atomic mass is 10.0. The smallest absolute Gasteiger partial charge is 0.255 e. The molecule has 1 unspecified atom stereocenters. The van der Waals surface area contributed by atoms with Gasteiger partial charge in [-0.3, -0.25) is 4.79 Å². The van der Waals surface area contributed by atoms with Crippen molar-refractivity contribution in [1.82, 2.24) is 5.32 Å².